The average Bonchev–Trinajstić information content (AvgIpc) is 3.44. The van der Waals surface area contributed by atoms with Crippen LogP contribution in [0.25, 0.3) is 10.9 Å². The summed E-state index contributed by atoms with van der Waals surface area (Å²) in [6.45, 7) is 4.38. The lowest BCUT2D eigenvalue weighted by molar-refractivity contribution is -0.122. The maximum absolute atomic E-state index is 13.6. The number of aromatic nitrogens is 2. The fraction of sp³-hybridized carbons (Fsp3) is 0.429. The van der Waals surface area contributed by atoms with Crippen molar-refractivity contribution in [2.45, 2.75) is 52.3 Å². The van der Waals surface area contributed by atoms with E-state index in [1.807, 2.05) is 26.0 Å². The molecule has 1 aliphatic rings. The van der Waals surface area contributed by atoms with Crippen molar-refractivity contribution in [2.75, 3.05) is 32.7 Å². The number of methoxy groups -OCH3 is 2. The normalized spacial score (nSPS) is 14.8. The second-order valence-electron chi connectivity index (χ2n) is 9.61. The summed E-state index contributed by atoms with van der Waals surface area (Å²) in [4.78, 5) is 52.5. The number of aryl methyl sites for hydroxylation is 2. The van der Waals surface area contributed by atoms with E-state index in [4.69, 9.17) is 14.2 Å². The molecule has 11 heteroatoms. The largest absolute Gasteiger partial charge is 0.493 e. The van der Waals surface area contributed by atoms with Crippen molar-refractivity contribution >= 4 is 28.4 Å². The Morgan fingerprint density at radius 2 is 1.77 bits per heavy atom. The fourth-order valence-electron chi connectivity index (χ4n) is 4.72. The van der Waals surface area contributed by atoms with Crippen molar-refractivity contribution in [1.82, 2.24) is 14.5 Å². The van der Waals surface area contributed by atoms with Gasteiger partial charge >= 0.3 is 5.69 Å². The quantitative estimate of drug-likeness (QED) is 0.404. The third-order valence-electron chi connectivity index (χ3n) is 6.80. The fourth-order valence-corrected chi connectivity index (χ4v) is 4.72. The Morgan fingerprint density at radius 3 is 2.44 bits per heavy atom. The molecule has 0 bridgehead atoms. The molecular formula is C28H34N4O7. The van der Waals surface area contributed by atoms with Crippen LogP contribution in [0.1, 0.15) is 30.4 Å². The number of carbonyl (C=O) groups is 2. The Bertz CT molecular complexity index is 1500. The minimum atomic E-state index is -0.706. The van der Waals surface area contributed by atoms with Gasteiger partial charge in [0.2, 0.25) is 11.8 Å². The van der Waals surface area contributed by atoms with Crippen LogP contribution >= 0.6 is 0 Å². The standard InChI is InChI=1S/C28H34N4O7/c1-17-7-8-21(18(2)12-17)30-26(34)16-32-22-14-24(38-4)23(37-3)13-20(22)27(35)31(28(32)36)10-9-25(33)29-15-19-6-5-11-39-19/h7-8,12-14,19H,5-6,9-11,15-16H2,1-4H3,(H,29,33)(H,30,34)/t19-/m1/s1. The molecule has 0 spiro atoms. The van der Waals surface area contributed by atoms with E-state index < -0.39 is 17.2 Å². The van der Waals surface area contributed by atoms with Crippen molar-refractivity contribution in [1.29, 1.82) is 0 Å². The van der Waals surface area contributed by atoms with Crippen LogP contribution in [0, 0.1) is 13.8 Å². The van der Waals surface area contributed by atoms with E-state index in [1.54, 1.807) is 6.07 Å². The van der Waals surface area contributed by atoms with E-state index in [1.165, 1.54) is 30.9 Å². The Hall–Kier alpha value is -4.12. The third-order valence-corrected chi connectivity index (χ3v) is 6.80. The first kappa shape index (κ1) is 27.9. The van der Waals surface area contributed by atoms with Gasteiger partial charge in [0.1, 0.15) is 6.54 Å². The SMILES string of the molecule is COc1cc2c(=O)n(CCC(=O)NC[C@H]3CCCO3)c(=O)n(CC(=O)Nc3ccc(C)cc3C)c2cc1OC. The van der Waals surface area contributed by atoms with Gasteiger partial charge in [-0.2, -0.15) is 0 Å². The van der Waals surface area contributed by atoms with E-state index in [0.717, 1.165) is 28.5 Å². The predicted molar refractivity (Wildman–Crippen MR) is 147 cm³/mol. The summed E-state index contributed by atoms with van der Waals surface area (Å²) in [5.41, 5.74) is 1.49. The zero-order chi connectivity index (χ0) is 28.1. The Morgan fingerprint density at radius 1 is 1.03 bits per heavy atom. The molecular weight excluding hydrogens is 504 g/mol. The van der Waals surface area contributed by atoms with E-state index in [9.17, 15) is 19.2 Å². The summed E-state index contributed by atoms with van der Waals surface area (Å²) in [7, 11) is 2.88. The van der Waals surface area contributed by atoms with Gasteiger partial charge in [0, 0.05) is 37.9 Å². The minimum Gasteiger partial charge on any atom is -0.493 e. The molecule has 3 aromatic rings. The molecule has 1 atom stereocenters. The Balaban J connectivity index is 1.66. The molecule has 0 saturated carbocycles. The molecule has 1 aromatic heterocycles. The first-order chi connectivity index (χ1) is 18.7. The number of hydrogen-bond acceptors (Lipinski definition) is 7. The number of fused-ring (bicyclic) bond motifs is 1. The van der Waals surface area contributed by atoms with Crippen molar-refractivity contribution in [3.8, 4) is 11.5 Å². The second kappa shape index (κ2) is 12.2. The molecule has 4 rings (SSSR count). The first-order valence-electron chi connectivity index (χ1n) is 12.9. The van der Waals surface area contributed by atoms with Crippen LogP contribution < -0.4 is 31.4 Å². The molecule has 2 amide bonds. The monoisotopic (exact) mass is 538 g/mol. The molecule has 39 heavy (non-hydrogen) atoms. The van der Waals surface area contributed by atoms with Crippen LogP contribution in [0.2, 0.25) is 0 Å². The van der Waals surface area contributed by atoms with Gasteiger partial charge in [-0.1, -0.05) is 17.7 Å². The molecule has 0 aliphatic carbocycles. The lowest BCUT2D eigenvalue weighted by Gasteiger charge is -2.17. The van der Waals surface area contributed by atoms with Crippen molar-refractivity contribution in [2.24, 2.45) is 0 Å². The lowest BCUT2D eigenvalue weighted by Crippen LogP contribution is -2.43. The number of rotatable bonds is 10. The minimum absolute atomic E-state index is 0.0207. The van der Waals surface area contributed by atoms with Crippen LogP contribution in [0.15, 0.2) is 39.9 Å². The summed E-state index contributed by atoms with van der Waals surface area (Å²) >= 11 is 0. The highest BCUT2D eigenvalue weighted by molar-refractivity contribution is 5.92. The van der Waals surface area contributed by atoms with E-state index >= 15 is 0 Å². The zero-order valence-corrected chi connectivity index (χ0v) is 22.7. The number of ether oxygens (including phenoxy) is 3. The molecule has 208 valence electrons. The van der Waals surface area contributed by atoms with Gasteiger partial charge in [-0.05, 0) is 44.4 Å². The summed E-state index contributed by atoms with van der Waals surface area (Å²) in [5, 5.41) is 5.80. The highest BCUT2D eigenvalue weighted by atomic mass is 16.5. The molecule has 1 saturated heterocycles. The van der Waals surface area contributed by atoms with E-state index in [0.29, 0.717) is 30.3 Å². The molecule has 2 heterocycles. The maximum atomic E-state index is 13.6. The topological polar surface area (TPSA) is 130 Å². The van der Waals surface area contributed by atoms with Crippen LogP contribution in [0.4, 0.5) is 5.69 Å². The number of amides is 2. The highest BCUT2D eigenvalue weighted by Crippen LogP contribution is 2.30. The van der Waals surface area contributed by atoms with Crippen molar-refractivity contribution in [3.05, 3.63) is 62.3 Å². The lowest BCUT2D eigenvalue weighted by atomic mass is 10.1. The number of nitrogens with one attached hydrogen (secondary N) is 2. The maximum Gasteiger partial charge on any atom is 0.331 e. The van der Waals surface area contributed by atoms with Gasteiger partial charge in [-0.3, -0.25) is 23.5 Å². The second-order valence-corrected chi connectivity index (χ2v) is 9.61. The molecule has 11 nitrogen and oxygen atoms in total. The first-order valence-corrected chi connectivity index (χ1v) is 12.9. The van der Waals surface area contributed by atoms with Crippen LogP contribution in [0.3, 0.4) is 0 Å². The highest BCUT2D eigenvalue weighted by Gasteiger charge is 2.20. The van der Waals surface area contributed by atoms with Gasteiger partial charge in [0.15, 0.2) is 11.5 Å². The average molecular weight is 539 g/mol. The molecule has 1 aliphatic heterocycles. The van der Waals surface area contributed by atoms with Crippen LogP contribution in [0.5, 0.6) is 11.5 Å². The Kier molecular flexibility index (Phi) is 8.70. The summed E-state index contributed by atoms with van der Waals surface area (Å²) < 4.78 is 18.4. The number of benzene rings is 2. The zero-order valence-electron chi connectivity index (χ0n) is 22.7. The van der Waals surface area contributed by atoms with Gasteiger partial charge in [0.05, 0.1) is 31.2 Å². The van der Waals surface area contributed by atoms with Gasteiger partial charge in [0.25, 0.3) is 5.56 Å². The smallest absolute Gasteiger partial charge is 0.331 e. The number of nitrogens with zero attached hydrogens (tertiary/aromatic N) is 2. The molecule has 2 N–H and O–H groups in total. The summed E-state index contributed by atoms with van der Waals surface area (Å²) in [5.74, 6) is -0.144. The predicted octanol–water partition coefficient (Wildman–Crippen LogP) is 2.12. The summed E-state index contributed by atoms with van der Waals surface area (Å²) in [6.07, 6.45) is 1.73. The molecule has 2 aromatic carbocycles. The van der Waals surface area contributed by atoms with Crippen molar-refractivity contribution in [3.63, 3.8) is 0 Å². The van der Waals surface area contributed by atoms with Crippen LogP contribution in [-0.2, 0) is 27.4 Å². The molecule has 1 fully saturated rings. The molecule has 0 radical (unpaired) electrons. The van der Waals surface area contributed by atoms with Crippen LogP contribution in [-0.4, -0.2) is 54.4 Å². The Labute approximate surface area is 225 Å². The van der Waals surface area contributed by atoms with Gasteiger partial charge in [-0.25, -0.2) is 4.79 Å². The number of anilines is 1. The van der Waals surface area contributed by atoms with Gasteiger partial charge in [-0.15, -0.1) is 0 Å². The van der Waals surface area contributed by atoms with Crippen molar-refractivity contribution < 1.29 is 23.8 Å². The third kappa shape index (κ3) is 6.31. The van der Waals surface area contributed by atoms with E-state index in [2.05, 4.69) is 10.6 Å². The number of hydrogen-bond donors (Lipinski definition) is 2. The molecule has 0 unspecified atom stereocenters. The summed E-state index contributed by atoms with van der Waals surface area (Å²) in [6, 6.07) is 8.60. The number of carbonyl (C=O) groups excluding carboxylic acids is 2. The van der Waals surface area contributed by atoms with E-state index in [-0.39, 0.29) is 42.4 Å². The van der Waals surface area contributed by atoms with Gasteiger partial charge < -0.3 is 24.8 Å².